The van der Waals surface area contributed by atoms with E-state index in [1.165, 1.54) is 19.3 Å². The molecule has 0 atom stereocenters. The van der Waals surface area contributed by atoms with Crippen LogP contribution in [0.5, 0.6) is 0 Å². The first kappa shape index (κ1) is 9.00. The lowest BCUT2D eigenvalue weighted by molar-refractivity contribution is 0.361. The molecule has 0 fully saturated rings. The van der Waals surface area contributed by atoms with Gasteiger partial charge in [-0.05, 0) is 11.8 Å². The molecule has 0 saturated heterocycles. The fourth-order valence-electron chi connectivity index (χ4n) is 0.832. The summed E-state index contributed by atoms with van der Waals surface area (Å²) >= 11 is 0. The highest BCUT2D eigenvalue weighted by Gasteiger charge is 2.07. The van der Waals surface area contributed by atoms with Gasteiger partial charge >= 0.3 is 0 Å². The molecule has 0 aromatic rings. The Hall–Kier alpha value is 0. The molecule has 0 rings (SSSR count). The van der Waals surface area contributed by atoms with E-state index in [0.717, 1.165) is 6.42 Å². The molecule has 0 heteroatoms. The van der Waals surface area contributed by atoms with Crippen LogP contribution >= 0.6 is 0 Å². The Morgan fingerprint density at radius 3 is 2.00 bits per heavy atom. The smallest absolute Gasteiger partial charge is 0.0383 e. The summed E-state index contributed by atoms with van der Waals surface area (Å²) in [6.45, 7) is 10.7. The Morgan fingerprint density at radius 1 is 1.11 bits per heavy atom. The molecule has 1 radical (unpaired) electrons. The van der Waals surface area contributed by atoms with Crippen molar-refractivity contribution in [2.45, 2.75) is 46.5 Å². The molecule has 0 N–H and O–H groups in total. The van der Waals surface area contributed by atoms with Crippen molar-refractivity contribution in [3.05, 3.63) is 6.92 Å². The Bertz CT molecular complexity index is 56.9. The summed E-state index contributed by atoms with van der Waals surface area (Å²) in [5.41, 5.74) is 0.523. The van der Waals surface area contributed by atoms with Crippen LogP contribution in [0, 0.1) is 12.3 Å². The van der Waals surface area contributed by atoms with Crippen LogP contribution in [-0.2, 0) is 0 Å². The highest BCUT2D eigenvalue weighted by atomic mass is 14.1. The lowest BCUT2D eigenvalue weighted by Crippen LogP contribution is -2.03. The van der Waals surface area contributed by atoms with Gasteiger partial charge in [0.1, 0.15) is 0 Å². The third-order valence-corrected chi connectivity index (χ3v) is 1.43. The molecule has 0 aliphatic heterocycles. The summed E-state index contributed by atoms with van der Waals surface area (Å²) in [6, 6.07) is 0. The lowest BCUT2D eigenvalue weighted by atomic mass is 9.90. The monoisotopic (exact) mass is 127 g/mol. The molecule has 0 aliphatic rings. The molecule has 0 nitrogen and oxygen atoms in total. The van der Waals surface area contributed by atoms with Crippen molar-refractivity contribution < 1.29 is 0 Å². The molecule has 55 valence electrons. The molecule has 0 aromatic heterocycles. The van der Waals surface area contributed by atoms with Crippen LogP contribution in [-0.4, -0.2) is 0 Å². The second-order valence-electron chi connectivity index (χ2n) is 3.87. The van der Waals surface area contributed by atoms with E-state index in [2.05, 4.69) is 27.7 Å². The van der Waals surface area contributed by atoms with Crippen LogP contribution in [0.4, 0.5) is 0 Å². The fourth-order valence-corrected chi connectivity index (χ4v) is 0.832. The molecule has 0 unspecified atom stereocenters. The lowest BCUT2D eigenvalue weighted by Gasteiger charge is -2.16. The van der Waals surface area contributed by atoms with Gasteiger partial charge in [0.25, 0.3) is 0 Å². The van der Waals surface area contributed by atoms with Crippen LogP contribution < -0.4 is 0 Å². The molecule has 9 heavy (non-hydrogen) atoms. The topological polar surface area (TPSA) is 0 Å². The van der Waals surface area contributed by atoms with Crippen LogP contribution in [0.15, 0.2) is 0 Å². The Kier molecular flexibility index (Phi) is 3.92. The van der Waals surface area contributed by atoms with E-state index in [1.807, 2.05) is 0 Å². The fraction of sp³-hybridized carbons (Fsp3) is 0.889. The van der Waals surface area contributed by atoms with E-state index in [9.17, 15) is 0 Å². The SMILES string of the molecule is [CH2]CCCCC(C)(C)C. The normalized spacial score (nSPS) is 12.0. The van der Waals surface area contributed by atoms with Crippen LogP contribution in [0.2, 0.25) is 0 Å². The maximum atomic E-state index is 3.81. The first-order valence-electron chi connectivity index (χ1n) is 3.85. The molecule has 0 amide bonds. The first-order valence-corrected chi connectivity index (χ1v) is 3.85. The minimum Gasteiger partial charge on any atom is -0.0602 e. The first-order chi connectivity index (χ1) is 4.06. The van der Waals surface area contributed by atoms with E-state index in [0.29, 0.717) is 5.41 Å². The van der Waals surface area contributed by atoms with Crippen molar-refractivity contribution in [3.8, 4) is 0 Å². The van der Waals surface area contributed by atoms with Gasteiger partial charge < -0.3 is 0 Å². The van der Waals surface area contributed by atoms with Crippen molar-refractivity contribution >= 4 is 0 Å². The van der Waals surface area contributed by atoms with E-state index in [-0.39, 0.29) is 0 Å². The van der Waals surface area contributed by atoms with Crippen molar-refractivity contribution in [1.82, 2.24) is 0 Å². The van der Waals surface area contributed by atoms with E-state index in [1.54, 1.807) is 0 Å². The largest absolute Gasteiger partial charge is 0.0602 e. The zero-order chi connectivity index (χ0) is 7.33. The Labute approximate surface area is 59.7 Å². The van der Waals surface area contributed by atoms with Crippen LogP contribution in [0.1, 0.15) is 46.5 Å². The van der Waals surface area contributed by atoms with Gasteiger partial charge in [-0.2, -0.15) is 0 Å². The third kappa shape index (κ3) is 8.00. The average molecular weight is 127 g/mol. The van der Waals surface area contributed by atoms with Gasteiger partial charge in [-0.1, -0.05) is 47.0 Å². The summed E-state index contributed by atoms with van der Waals surface area (Å²) < 4.78 is 0. The maximum Gasteiger partial charge on any atom is -0.0383 e. The second kappa shape index (κ2) is 3.92. The predicted octanol–water partition coefficient (Wildman–Crippen LogP) is 3.43. The average Bonchev–Trinajstić information content (AvgIpc) is 1.63. The van der Waals surface area contributed by atoms with E-state index >= 15 is 0 Å². The third-order valence-electron chi connectivity index (χ3n) is 1.43. The number of hydrogen-bond acceptors (Lipinski definition) is 0. The number of hydrogen-bond donors (Lipinski definition) is 0. The Morgan fingerprint density at radius 2 is 1.67 bits per heavy atom. The summed E-state index contributed by atoms with van der Waals surface area (Å²) in [5.74, 6) is 0. The van der Waals surface area contributed by atoms with Gasteiger partial charge in [0, 0.05) is 0 Å². The zero-order valence-corrected chi connectivity index (χ0v) is 7.04. The van der Waals surface area contributed by atoms with Crippen molar-refractivity contribution in [2.24, 2.45) is 5.41 Å². The number of unbranched alkanes of at least 4 members (excludes halogenated alkanes) is 2. The van der Waals surface area contributed by atoms with E-state index < -0.39 is 0 Å². The predicted molar refractivity (Wildman–Crippen MR) is 43.3 cm³/mol. The summed E-state index contributed by atoms with van der Waals surface area (Å²) in [6.07, 6.45) is 5.06. The minimum absolute atomic E-state index is 0.523. The van der Waals surface area contributed by atoms with E-state index in [4.69, 9.17) is 0 Å². The molecule has 0 heterocycles. The van der Waals surface area contributed by atoms with Gasteiger partial charge in [0.15, 0.2) is 0 Å². The van der Waals surface area contributed by atoms with Crippen LogP contribution in [0.25, 0.3) is 0 Å². The molecule has 0 bridgehead atoms. The molecule has 0 saturated carbocycles. The minimum atomic E-state index is 0.523. The van der Waals surface area contributed by atoms with Gasteiger partial charge in [0.2, 0.25) is 0 Å². The highest BCUT2D eigenvalue weighted by Crippen LogP contribution is 2.21. The summed E-state index contributed by atoms with van der Waals surface area (Å²) in [5, 5.41) is 0. The standard InChI is InChI=1S/C9H19/c1-5-6-7-8-9(2,3)4/h1,5-8H2,2-4H3. The zero-order valence-electron chi connectivity index (χ0n) is 7.04. The molecule has 0 aromatic carbocycles. The van der Waals surface area contributed by atoms with Gasteiger partial charge in [-0.25, -0.2) is 0 Å². The van der Waals surface area contributed by atoms with Gasteiger partial charge in [0.05, 0.1) is 0 Å². The van der Waals surface area contributed by atoms with Gasteiger partial charge in [-0.15, -0.1) is 0 Å². The van der Waals surface area contributed by atoms with Crippen molar-refractivity contribution in [2.75, 3.05) is 0 Å². The highest BCUT2D eigenvalue weighted by molar-refractivity contribution is 4.60. The quantitative estimate of drug-likeness (QED) is 0.509. The summed E-state index contributed by atoms with van der Waals surface area (Å²) in [4.78, 5) is 0. The Balaban J connectivity index is 3.07. The van der Waals surface area contributed by atoms with Crippen molar-refractivity contribution in [1.29, 1.82) is 0 Å². The molecular formula is C9H19. The molecular weight excluding hydrogens is 108 g/mol. The maximum absolute atomic E-state index is 3.81. The van der Waals surface area contributed by atoms with Gasteiger partial charge in [-0.3, -0.25) is 0 Å². The number of rotatable bonds is 3. The van der Waals surface area contributed by atoms with Crippen LogP contribution in [0.3, 0.4) is 0 Å². The second-order valence-corrected chi connectivity index (χ2v) is 3.87. The molecule has 0 spiro atoms. The summed E-state index contributed by atoms with van der Waals surface area (Å²) in [7, 11) is 0. The van der Waals surface area contributed by atoms with Crippen molar-refractivity contribution in [3.63, 3.8) is 0 Å². The molecule has 0 aliphatic carbocycles.